The van der Waals surface area contributed by atoms with Crippen molar-refractivity contribution >= 4 is 17.6 Å². The number of carbonyl (C=O) groups excluding carboxylic acids is 1. The highest BCUT2D eigenvalue weighted by atomic mass is 19.1. The van der Waals surface area contributed by atoms with Gasteiger partial charge in [-0.25, -0.2) is 9.18 Å². The van der Waals surface area contributed by atoms with Gasteiger partial charge >= 0.3 is 5.97 Å². The first kappa shape index (κ1) is 18.4. The lowest BCUT2D eigenvalue weighted by Crippen LogP contribution is -2.27. The van der Waals surface area contributed by atoms with Gasteiger partial charge in [0.05, 0.1) is 0 Å². The summed E-state index contributed by atoms with van der Waals surface area (Å²) < 4.78 is 18.9. The Labute approximate surface area is 145 Å². The fourth-order valence-electron chi connectivity index (χ4n) is 2.44. The highest BCUT2D eigenvalue weighted by Crippen LogP contribution is 2.25. The van der Waals surface area contributed by atoms with Gasteiger partial charge in [-0.3, -0.25) is 4.79 Å². The zero-order chi connectivity index (χ0) is 18.4. The number of halogens is 1. The minimum atomic E-state index is -1.06. The van der Waals surface area contributed by atoms with Crippen LogP contribution in [0.2, 0.25) is 0 Å². The van der Waals surface area contributed by atoms with Gasteiger partial charge in [0.15, 0.2) is 6.61 Å². The van der Waals surface area contributed by atoms with E-state index in [0.717, 1.165) is 0 Å². The van der Waals surface area contributed by atoms with Crippen molar-refractivity contribution in [3.8, 4) is 5.75 Å². The molecule has 6 heteroatoms. The van der Waals surface area contributed by atoms with Crippen molar-refractivity contribution in [3.05, 3.63) is 59.9 Å². The molecule has 0 aliphatic heterocycles. The van der Waals surface area contributed by atoms with Gasteiger partial charge in [0.25, 0.3) is 0 Å². The molecule has 0 fully saturated rings. The van der Waals surface area contributed by atoms with E-state index in [1.807, 2.05) is 6.92 Å². The van der Waals surface area contributed by atoms with Crippen LogP contribution in [0.1, 0.15) is 24.8 Å². The number of hydrogen-bond acceptors (Lipinski definition) is 3. The summed E-state index contributed by atoms with van der Waals surface area (Å²) in [6.45, 7) is 1.39. The Bertz CT molecular complexity index is 745. The molecule has 1 unspecified atom stereocenters. The molecule has 0 heterocycles. The minimum Gasteiger partial charge on any atom is -0.482 e. The van der Waals surface area contributed by atoms with Gasteiger partial charge in [0.1, 0.15) is 11.6 Å². The van der Waals surface area contributed by atoms with Crippen LogP contribution in [-0.4, -0.2) is 30.6 Å². The van der Waals surface area contributed by atoms with Crippen LogP contribution in [0.5, 0.6) is 5.75 Å². The van der Waals surface area contributed by atoms with E-state index in [1.165, 1.54) is 11.0 Å². The fraction of sp³-hybridized carbons (Fsp3) is 0.263. The van der Waals surface area contributed by atoms with Gasteiger partial charge < -0.3 is 14.7 Å². The quantitative estimate of drug-likeness (QED) is 0.835. The van der Waals surface area contributed by atoms with Gasteiger partial charge in [-0.05, 0) is 41.8 Å². The summed E-state index contributed by atoms with van der Waals surface area (Å²) in [5, 5.41) is 8.58. The predicted octanol–water partition coefficient (Wildman–Crippen LogP) is 3.45. The SMILES string of the molecule is CC(CC(=O)N(C)c1ccc(OCC(=O)O)cc1)c1ccccc1F. The van der Waals surface area contributed by atoms with Crippen molar-refractivity contribution in [3.63, 3.8) is 0 Å². The van der Waals surface area contributed by atoms with E-state index in [1.54, 1.807) is 49.5 Å². The summed E-state index contributed by atoms with van der Waals surface area (Å²) in [6.07, 6.45) is 0.175. The number of carboxylic acid groups (broad SMARTS) is 1. The third kappa shape index (κ3) is 5.04. The lowest BCUT2D eigenvalue weighted by Gasteiger charge is -2.20. The summed E-state index contributed by atoms with van der Waals surface area (Å²) >= 11 is 0. The van der Waals surface area contributed by atoms with Crippen molar-refractivity contribution in [1.82, 2.24) is 0 Å². The second-order valence-electron chi connectivity index (χ2n) is 5.76. The van der Waals surface area contributed by atoms with E-state index in [0.29, 0.717) is 17.0 Å². The van der Waals surface area contributed by atoms with E-state index >= 15 is 0 Å². The summed E-state index contributed by atoms with van der Waals surface area (Å²) in [6, 6.07) is 13.0. The molecule has 0 bridgehead atoms. The molecule has 2 aromatic rings. The standard InChI is InChI=1S/C19H20FNO4/c1-13(16-5-3-4-6-17(16)20)11-18(22)21(2)14-7-9-15(10-8-14)25-12-19(23)24/h3-10,13H,11-12H2,1-2H3,(H,23,24). The number of carbonyl (C=O) groups is 2. The predicted molar refractivity (Wildman–Crippen MR) is 92.4 cm³/mol. The molecular formula is C19H20FNO4. The van der Waals surface area contributed by atoms with Crippen LogP contribution >= 0.6 is 0 Å². The molecule has 1 atom stereocenters. The maximum atomic E-state index is 13.8. The largest absolute Gasteiger partial charge is 0.482 e. The average Bonchev–Trinajstić information content (AvgIpc) is 2.60. The molecule has 0 aromatic heterocycles. The zero-order valence-electron chi connectivity index (χ0n) is 14.1. The number of carboxylic acids is 1. The lowest BCUT2D eigenvalue weighted by atomic mass is 9.96. The number of aliphatic carboxylic acids is 1. The molecular weight excluding hydrogens is 325 g/mol. The third-order valence-corrected chi connectivity index (χ3v) is 3.88. The van der Waals surface area contributed by atoms with Crippen LogP contribution in [0.4, 0.5) is 10.1 Å². The maximum absolute atomic E-state index is 13.8. The van der Waals surface area contributed by atoms with Crippen LogP contribution in [0, 0.1) is 5.82 Å². The van der Waals surface area contributed by atoms with Crippen molar-refractivity contribution in [1.29, 1.82) is 0 Å². The van der Waals surface area contributed by atoms with E-state index < -0.39 is 12.6 Å². The van der Waals surface area contributed by atoms with Crippen molar-refractivity contribution < 1.29 is 23.8 Å². The van der Waals surface area contributed by atoms with E-state index in [2.05, 4.69) is 0 Å². The first-order valence-electron chi connectivity index (χ1n) is 7.84. The number of benzene rings is 2. The number of amides is 1. The Hall–Kier alpha value is -2.89. The van der Waals surface area contributed by atoms with Gasteiger partial charge in [0, 0.05) is 19.2 Å². The first-order chi connectivity index (χ1) is 11.9. The second kappa shape index (κ2) is 8.28. The number of ether oxygens (including phenoxy) is 1. The van der Waals surface area contributed by atoms with E-state index in [-0.39, 0.29) is 24.1 Å². The average molecular weight is 345 g/mol. The van der Waals surface area contributed by atoms with Gasteiger partial charge in [-0.1, -0.05) is 25.1 Å². The Morgan fingerprint density at radius 3 is 2.40 bits per heavy atom. The summed E-state index contributed by atoms with van der Waals surface area (Å²) in [4.78, 5) is 24.4. The minimum absolute atomic E-state index is 0.144. The summed E-state index contributed by atoms with van der Waals surface area (Å²) in [5.74, 6) is -1.35. The molecule has 5 nitrogen and oxygen atoms in total. The van der Waals surface area contributed by atoms with Gasteiger partial charge in [-0.2, -0.15) is 0 Å². The van der Waals surface area contributed by atoms with Crippen molar-refractivity contribution in [2.45, 2.75) is 19.3 Å². The van der Waals surface area contributed by atoms with Gasteiger partial charge in [0.2, 0.25) is 5.91 Å². The Kier molecular flexibility index (Phi) is 6.11. The van der Waals surface area contributed by atoms with Crippen molar-refractivity contribution in [2.24, 2.45) is 0 Å². The topological polar surface area (TPSA) is 66.8 Å². The zero-order valence-corrected chi connectivity index (χ0v) is 14.1. The molecule has 132 valence electrons. The van der Waals surface area contributed by atoms with Crippen LogP contribution in [0.15, 0.2) is 48.5 Å². The van der Waals surface area contributed by atoms with Crippen molar-refractivity contribution in [2.75, 3.05) is 18.6 Å². The van der Waals surface area contributed by atoms with Crippen LogP contribution in [0.25, 0.3) is 0 Å². The van der Waals surface area contributed by atoms with Crippen LogP contribution in [0.3, 0.4) is 0 Å². The molecule has 0 aliphatic rings. The van der Waals surface area contributed by atoms with Crippen LogP contribution < -0.4 is 9.64 Å². The van der Waals surface area contributed by atoms with Gasteiger partial charge in [-0.15, -0.1) is 0 Å². The highest BCUT2D eigenvalue weighted by Gasteiger charge is 2.18. The Morgan fingerprint density at radius 2 is 1.80 bits per heavy atom. The molecule has 0 saturated heterocycles. The highest BCUT2D eigenvalue weighted by molar-refractivity contribution is 5.93. The third-order valence-electron chi connectivity index (χ3n) is 3.88. The second-order valence-corrected chi connectivity index (χ2v) is 5.76. The molecule has 0 saturated carbocycles. The molecule has 0 radical (unpaired) electrons. The molecule has 1 amide bonds. The molecule has 1 N–H and O–H groups in total. The number of nitrogens with zero attached hydrogens (tertiary/aromatic N) is 1. The molecule has 2 aromatic carbocycles. The Morgan fingerprint density at radius 1 is 1.16 bits per heavy atom. The number of anilines is 1. The van der Waals surface area contributed by atoms with E-state index in [9.17, 15) is 14.0 Å². The molecule has 25 heavy (non-hydrogen) atoms. The summed E-state index contributed by atoms with van der Waals surface area (Å²) in [7, 11) is 1.64. The fourth-order valence-corrected chi connectivity index (χ4v) is 2.44. The smallest absolute Gasteiger partial charge is 0.341 e. The molecule has 0 aliphatic carbocycles. The molecule has 0 spiro atoms. The maximum Gasteiger partial charge on any atom is 0.341 e. The van der Waals surface area contributed by atoms with E-state index in [4.69, 9.17) is 9.84 Å². The summed E-state index contributed by atoms with van der Waals surface area (Å²) in [5.41, 5.74) is 1.16. The van der Waals surface area contributed by atoms with Crippen LogP contribution in [-0.2, 0) is 9.59 Å². The Balaban J connectivity index is 1.99. The normalized spacial score (nSPS) is 11.6. The first-order valence-corrected chi connectivity index (χ1v) is 7.84. The lowest BCUT2D eigenvalue weighted by molar-refractivity contribution is -0.139. The monoisotopic (exact) mass is 345 g/mol. The number of hydrogen-bond donors (Lipinski definition) is 1. The molecule has 2 rings (SSSR count). The number of rotatable bonds is 7.